The molecule has 2 N–H and O–H groups in total. The van der Waals surface area contributed by atoms with E-state index in [9.17, 15) is 19.2 Å². The summed E-state index contributed by atoms with van der Waals surface area (Å²) in [5.41, 5.74) is 1.78. The van der Waals surface area contributed by atoms with Crippen LogP contribution < -0.4 is 15.5 Å². The van der Waals surface area contributed by atoms with Crippen LogP contribution in [0.1, 0.15) is 20.7 Å². The van der Waals surface area contributed by atoms with Gasteiger partial charge in [0.15, 0.2) is 0 Å². The monoisotopic (exact) mass is 475 g/mol. The molecule has 0 unspecified atom stereocenters. The molecule has 3 amide bonds. The normalized spacial score (nSPS) is 13.2. The Morgan fingerprint density at radius 1 is 0.824 bits per heavy atom. The summed E-state index contributed by atoms with van der Waals surface area (Å²) in [6.07, 6.45) is 0. The fraction of sp³-hybridized carbons (Fsp3) is 0.0400. The van der Waals surface area contributed by atoms with Gasteiger partial charge in [-0.05, 0) is 54.6 Å². The molecule has 3 aromatic carbocycles. The molecule has 9 heteroatoms. The van der Waals surface area contributed by atoms with Crippen LogP contribution in [0.15, 0.2) is 89.6 Å². The number of para-hydroxylation sites is 1. The van der Waals surface area contributed by atoms with Gasteiger partial charge in [0.1, 0.15) is 10.7 Å². The molecule has 4 rings (SSSR count). The smallest absolute Gasteiger partial charge is 0.337 e. The van der Waals surface area contributed by atoms with Crippen molar-refractivity contribution in [2.24, 2.45) is 0 Å². The first-order chi connectivity index (χ1) is 16.4. The lowest BCUT2D eigenvalue weighted by molar-refractivity contribution is -0.120. The van der Waals surface area contributed by atoms with E-state index in [1.54, 1.807) is 48.5 Å². The van der Waals surface area contributed by atoms with E-state index in [1.165, 1.54) is 31.4 Å². The van der Waals surface area contributed by atoms with Crippen molar-refractivity contribution in [2.75, 3.05) is 22.6 Å². The molecule has 34 heavy (non-hydrogen) atoms. The molecular weight excluding hydrogens is 458 g/mol. The van der Waals surface area contributed by atoms with Gasteiger partial charge in [0.05, 0.1) is 18.4 Å². The summed E-state index contributed by atoms with van der Waals surface area (Å²) in [6, 6.07) is 21.2. The van der Waals surface area contributed by atoms with Crippen LogP contribution in [0.5, 0.6) is 0 Å². The van der Waals surface area contributed by atoms with Crippen molar-refractivity contribution in [2.45, 2.75) is 0 Å². The second-order valence-corrected chi connectivity index (χ2v) is 7.58. The average Bonchev–Trinajstić information content (AvgIpc) is 3.07. The Bertz CT molecular complexity index is 1320. The van der Waals surface area contributed by atoms with E-state index in [0.29, 0.717) is 16.9 Å². The van der Waals surface area contributed by atoms with E-state index in [0.717, 1.165) is 4.90 Å². The Labute approximate surface area is 199 Å². The maximum absolute atomic E-state index is 13.0. The molecule has 1 aliphatic rings. The highest BCUT2D eigenvalue weighted by molar-refractivity contribution is 6.53. The molecule has 0 saturated carbocycles. The Balaban J connectivity index is 1.52. The lowest BCUT2D eigenvalue weighted by atomic mass is 10.1. The van der Waals surface area contributed by atoms with E-state index in [4.69, 9.17) is 11.6 Å². The van der Waals surface area contributed by atoms with Gasteiger partial charge >= 0.3 is 5.97 Å². The number of nitrogens with zero attached hydrogens (tertiary/aromatic N) is 1. The molecule has 0 aliphatic carbocycles. The minimum Gasteiger partial charge on any atom is -0.465 e. The van der Waals surface area contributed by atoms with Gasteiger partial charge in [0.2, 0.25) is 0 Å². The zero-order valence-corrected chi connectivity index (χ0v) is 18.6. The van der Waals surface area contributed by atoms with E-state index in [2.05, 4.69) is 15.4 Å². The fourth-order valence-corrected chi connectivity index (χ4v) is 3.53. The van der Waals surface area contributed by atoms with Crippen LogP contribution in [0.25, 0.3) is 0 Å². The van der Waals surface area contributed by atoms with Crippen LogP contribution in [0.2, 0.25) is 0 Å². The second kappa shape index (κ2) is 9.60. The maximum atomic E-state index is 13.0. The molecule has 0 fully saturated rings. The molecule has 1 heterocycles. The molecule has 0 atom stereocenters. The molecule has 170 valence electrons. The number of carbonyl (C=O) groups is 4. The lowest BCUT2D eigenvalue weighted by Gasteiger charge is -2.15. The summed E-state index contributed by atoms with van der Waals surface area (Å²) < 4.78 is 4.65. The van der Waals surface area contributed by atoms with Gasteiger partial charge in [-0.2, -0.15) is 0 Å². The molecule has 0 radical (unpaired) electrons. The lowest BCUT2D eigenvalue weighted by Crippen LogP contribution is -2.32. The highest BCUT2D eigenvalue weighted by Gasteiger charge is 2.39. The van der Waals surface area contributed by atoms with E-state index in [-0.39, 0.29) is 27.9 Å². The van der Waals surface area contributed by atoms with E-state index < -0.39 is 17.8 Å². The van der Waals surface area contributed by atoms with Crippen molar-refractivity contribution in [1.82, 2.24) is 0 Å². The summed E-state index contributed by atoms with van der Waals surface area (Å²) in [7, 11) is 1.26. The zero-order valence-electron chi connectivity index (χ0n) is 17.9. The number of ether oxygens (including phenoxy) is 1. The topological polar surface area (TPSA) is 105 Å². The van der Waals surface area contributed by atoms with Crippen molar-refractivity contribution in [3.63, 3.8) is 0 Å². The summed E-state index contributed by atoms with van der Waals surface area (Å²) in [4.78, 5) is 50.8. The summed E-state index contributed by atoms with van der Waals surface area (Å²) in [5.74, 6) is -2.26. The number of carbonyl (C=O) groups excluding carboxylic acids is 4. The first kappa shape index (κ1) is 22.8. The Hall–Kier alpha value is -4.43. The number of benzene rings is 3. The molecule has 1 aliphatic heterocycles. The number of imide groups is 1. The van der Waals surface area contributed by atoms with Gasteiger partial charge in [0, 0.05) is 16.9 Å². The Morgan fingerprint density at radius 2 is 1.50 bits per heavy atom. The molecule has 8 nitrogen and oxygen atoms in total. The largest absolute Gasteiger partial charge is 0.465 e. The molecule has 0 spiro atoms. The number of halogens is 1. The Kier molecular flexibility index (Phi) is 6.42. The second-order valence-electron chi connectivity index (χ2n) is 7.20. The van der Waals surface area contributed by atoms with Crippen molar-refractivity contribution >= 4 is 52.4 Å². The highest BCUT2D eigenvalue weighted by atomic mass is 35.5. The Morgan fingerprint density at radius 3 is 2.18 bits per heavy atom. The van der Waals surface area contributed by atoms with Gasteiger partial charge in [-0.3, -0.25) is 14.4 Å². The number of nitrogens with one attached hydrogen (secondary N) is 2. The number of anilines is 3. The van der Waals surface area contributed by atoms with Crippen LogP contribution in [0.4, 0.5) is 17.1 Å². The van der Waals surface area contributed by atoms with Gasteiger partial charge in [-0.15, -0.1) is 0 Å². The first-order valence-electron chi connectivity index (χ1n) is 10.1. The first-order valence-corrected chi connectivity index (χ1v) is 10.5. The number of methoxy groups -OCH3 is 1. The van der Waals surface area contributed by atoms with Gasteiger partial charge in [-0.1, -0.05) is 35.9 Å². The third-order valence-electron chi connectivity index (χ3n) is 5.00. The van der Waals surface area contributed by atoms with Crippen LogP contribution in [-0.2, 0) is 14.3 Å². The molecule has 0 aromatic heterocycles. The molecular formula is C25H18ClN3O5. The quantitative estimate of drug-likeness (QED) is 0.409. The average molecular weight is 476 g/mol. The number of esters is 1. The van der Waals surface area contributed by atoms with Crippen molar-refractivity contribution in [3.05, 3.63) is 101 Å². The molecule has 0 saturated heterocycles. The highest BCUT2D eigenvalue weighted by Crippen LogP contribution is 2.30. The van der Waals surface area contributed by atoms with Gasteiger partial charge in [0.25, 0.3) is 17.7 Å². The number of hydrogen-bond donors (Lipinski definition) is 2. The van der Waals surface area contributed by atoms with Crippen molar-refractivity contribution in [3.8, 4) is 0 Å². The maximum Gasteiger partial charge on any atom is 0.337 e. The van der Waals surface area contributed by atoms with Crippen LogP contribution in [-0.4, -0.2) is 30.8 Å². The van der Waals surface area contributed by atoms with Crippen molar-refractivity contribution < 1.29 is 23.9 Å². The minimum absolute atomic E-state index is 0.121. The molecule has 3 aromatic rings. The molecule has 0 bridgehead atoms. The van der Waals surface area contributed by atoms with E-state index >= 15 is 0 Å². The predicted molar refractivity (Wildman–Crippen MR) is 128 cm³/mol. The van der Waals surface area contributed by atoms with Crippen LogP contribution in [0.3, 0.4) is 0 Å². The standard InChI is InChI=1S/C25H18ClN3O5/c1-34-25(33)15-10-12-19(13-11-15)29-23(31)20(26)21(24(29)32)27-18-9-5-6-16(14-18)22(30)28-17-7-3-2-4-8-17/h2-14,27H,1H3,(H,28,30). The minimum atomic E-state index is -0.710. The number of amides is 3. The zero-order chi connectivity index (χ0) is 24.2. The fourth-order valence-electron chi connectivity index (χ4n) is 3.32. The summed E-state index contributed by atoms with van der Waals surface area (Å²) in [5, 5.41) is 5.34. The predicted octanol–water partition coefficient (Wildman–Crippen LogP) is 4.16. The van der Waals surface area contributed by atoms with Crippen LogP contribution >= 0.6 is 11.6 Å². The SMILES string of the molecule is COC(=O)c1ccc(N2C(=O)C(Cl)=C(Nc3cccc(C(=O)Nc4ccccc4)c3)C2=O)cc1. The summed E-state index contributed by atoms with van der Waals surface area (Å²) >= 11 is 6.18. The van der Waals surface area contributed by atoms with Crippen molar-refractivity contribution in [1.29, 1.82) is 0 Å². The van der Waals surface area contributed by atoms with Gasteiger partial charge < -0.3 is 15.4 Å². The number of rotatable bonds is 6. The third kappa shape index (κ3) is 4.53. The van der Waals surface area contributed by atoms with E-state index in [1.807, 2.05) is 6.07 Å². The summed E-state index contributed by atoms with van der Waals surface area (Å²) in [6.45, 7) is 0. The van der Waals surface area contributed by atoms with Gasteiger partial charge in [-0.25, -0.2) is 9.69 Å². The van der Waals surface area contributed by atoms with Crippen LogP contribution in [0, 0.1) is 0 Å². The third-order valence-corrected chi connectivity index (χ3v) is 5.35. The number of hydrogen-bond acceptors (Lipinski definition) is 6.